The largest absolute Gasteiger partial charge is 0.743 e. The molecule has 1 fully saturated rings. The minimum Gasteiger partial charge on any atom is -0.743 e. The monoisotopic (exact) mass is 700 g/mol. The Labute approximate surface area is 229 Å². The first kappa shape index (κ1) is 40.7. The van der Waals surface area contributed by atoms with Crippen LogP contribution in [0, 0.1) is 5.92 Å². The van der Waals surface area contributed by atoms with Crippen LogP contribution in [0.15, 0.2) is 0 Å². The molecule has 0 radical (unpaired) electrons. The predicted octanol–water partition coefficient (Wildman–Crippen LogP) is 6.90. The van der Waals surface area contributed by atoms with E-state index in [1.807, 2.05) is 0 Å². The molecule has 0 heterocycles. The first-order valence-electron chi connectivity index (χ1n) is 11.1. The third-order valence-electron chi connectivity index (χ3n) is 5.98. The molecule has 42 heavy (non-hydrogen) atoms. The number of carbonyl (C=O) groups is 1. The summed E-state index contributed by atoms with van der Waals surface area (Å²) in [6, 6.07) is 0. The lowest BCUT2D eigenvalue weighted by Gasteiger charge is -2.42. The van der Waals surface area contributed by atoms with E-state index in [9.17, 15) is 92.4 Å². The van der Waals surface area contributed by atoms with Gasteiger partial charge in [-0.3, -0.25) is 4.79 Å². The van der Waals surface area contributed by atoms with Gasteiger partial charge in [-0.1, -0.05) is 12.8 Å². The summed E-state index contributed by atoms with van der Waals surface area (Å²) in [5.41, 5.74) is 0. The molecule has 23 heteroatoms. The maximum atomic E-state index is 13.0. The molecule has 0 aliphatic heterocycles. The molecule has 252 valence electrons. The molecular weight excluding hydrogens is 679 g/mol. The molecule has 1 rings (SSSR count). The molecule has 0 N–H and O–H groups in total. The molecule has 1 aliphatic rings. The van der Waals surface area contributed by atoms with Gasteiger partial charge in [0.25, 0.3) is 0 Å². The second-order valence-corrected chi connectivity index (χ2v) is 12.8. The Morgan fingerprint density at radius 3 is 1.24 bits per heavy atom. The van der Waals surface area contributed by atoms with Gasteiger partial charge in [-0.2, -0.15) is 74.6 Å². The van der Waals surface area contributed by atoms with Gasteiger partial charge in [-0.15, -0.1) is 0 Å². The van der Waals surface area contributed by atoms with Crippen molar-refractivity contribution in [2.24, 2.45) is 5.92 Å². The Kier molecular flexibility index (Phi) is 12.2. The van der Waals surface area contributed by atoms with E-state index in [1.165, 1.54) is 37.2 Å². The fourth-order valence-corrected chi connectivity index (χ4v) is 5.18. The minimum atomic E-state index is -8.92. The number of alkyl halides is 17. The molecule has 0 aromatic rings. The van der Waals surface area contributed by atoms with E-state index in [-0.39, 0.29) is 0 Å². The third kappa shape index (κ3) is 6.85. The molecule has 1 saturated carbocycles. The highest BCUT2D eigenvalue weighted by molar-refractivity contribution is 7.97. The number of Topliss-reactive ketones (excluding diaryl/α,β-unsaturated/α-hetero) is 1. The molecule has 0 spiro atoms. The van der Waals surface area contributed by atoms with Crippen LogP contribution in [0.25, 0.3) is 0 Å². The van der Waals surface area contributed by atoms with E-state index < -0.39 is 57.1 Å². The summed E-state index contributed by atoms with van der Waals surface area (Å²) < 4.78 is 244. The number of carbonyl (C=O) groups excluding carboxylic acids is 1. The van der Waals surface area contributed by atoms with Crippen molar-refractivity contribution in [3.05, 3.63) is 0 Å². The van der Waals surface area contributed by atoms with Gasteiger partial charge in [0.2, 0.25) is 0 Å². The Bertz CT molecular complexity index is 1030. The molecule has 4 nitrogen and oxygen atoms in total. The van der Waals surface area contributed by atoms with Crippen LogP contribution in [0.1, 0.15) is 39.5 Å². The van der Waals surface area contributed by atoms with Crippen molar-refractivity contribution < 1.29 is 92.4 Å². The summed E-state index contributed by atoms with van der Waals surface area (Å²) in [4.78, 5) is 11.8. The summed E-state index contributed by atoms with van der Waals surface area (Å²) in [6.07, 6.45) is -2.99. The van der Waals surface area contributed by atoms with Crippen molar-refractivity contribution in [1.29, 1.82) is 0 Å². The predicted molar refractivity (Wildman–Crippen MR) is 111 cm³/mol. The fraction of sp³-hybridized carbons (Fsp3) is 0.947. The summed E-state index contributed by atoms with van der Waals surface area (Å²) >= 11 is 0. The lowest BCUT2D eigenvalue weighted by Crippen LogP contribution is -2.75. The third-order valence-corrected chi connectivity index (χ3v) is 9.19. The van der Waals surface area contributed by atoms with E-state index >= 15 is 0 Å². The summed E-state index contributed by atoms with van der Waals surface area (Å²) in [5.74, 6) is -47.9. The Hall–Kier alpha value is -1.26. The summed E-state index contributed by atoms with van der Waals surface area (Å²) in [7, 11) is -7.76. The SMILES string of the molecule is CC[S+](CC)CC(=O)C1CCCC1.O=S(=O)([O-])C(F)(F)C(F)(F)C(F)(F)C(F)(F)C(F)(F)C(F)(F)C(F)(F)C(F)(F)F. The topological polar surface area (TPSA) is 74.3 Å². The van der Waals surface area contributed by atoms with E-state index in [0.29, 0.717) is 22.6 Å². The number of halogens is 17. The highest BCUT2D eigenvalue weighted by Gasteiger charge is 2.95. The van der Waals surface area contributed by atoms with E-state index in [0.717, 1.165) is 5.75 Å². The van der Waals surface area contributed by atoms with Gasteiger partial charge >= 0.3 is 47.0 Å². The van der Waals surface area contributed by atoms with Crippen LogP contribution < -0.4 is 0 Å². The zero-order chi connectivity index (χ0) is 34.2. The average molecular weight is 700 g/mol. The van der Waals surface area contributed by atoms with Crippen molar-refractivity contribution in [1.82, 2.24) is 0 Å². The Balaban J connectivity index is 0.00000107. The second-order valence-electron chi connectivity index (χ2n) is 8.70. The van der Waals surface area contributed by atoms with Crippen molar-refractivity contribution in [2.75, 3.05) is 17.3 Å². The maximum absolute atomic E-state index is 13.0. The summed E-state index contributed by atoms with van der Waals surface area (Å²) in [5, 5.41) is -7.95. The van der Waals surface area contributed by atoms with Crippen molar-refractivity contribution in [2.45, 2.75) is 86.5 Å². The minimum absolute atomic E-state index is 0.386. The first-order valence-corrected chi connectivity index (χ1v) is 14.3. The number of hydrogen-bond donors (Lipinski definition) is 0. The summed E-state index contributed by atoms with van der Waals surface area (Å²) in [6.45, 7) is 4.41. The molecule has 1 aliphatic carbocycles. The Morgan fingerprint density at radius 2 is 0.952 bits per heavy atom. The number of hydrogen-bond acceptors (Lipinski definition) is 4. The second kappa shape index (κ2) is 12.6. The standard InChI is InChI=1S/C11H21OS.C8HF17O3S/c1-3-13(4-2)9-11(12)10-7-5-6-8-10;9-1(10,3(13,14)5(17,18)7(21,22)23)2(11,12)4(15,16)6(19,20)8(24,25)29(26,27)28/h10H,3-9H2,1-2H3;(H,26,27,28)/q+1;/p-1. The number of ketones is 1. The molecule has 0 unspecified atom stereocenters. The van der Waals surface area contributed by atoms with Crippen LogP contribution in [0.4, 0.5) is 74.6 Å². The van der Waals surface area contributed by atoms with Crippen LogP contribution in [-0.2, 0) is 25.8 Å². The van der Waals surface area contributed by atoms with E-state index in [1.54, 1.807) is 0 Å². The lowest BCUT2D eigenvalue weighted by atomic mass is 9.91. The molecule has 0 atom stereocenters. The van der Waals surface area contributed by atoms with E-state index in [2.05, 4.69) is 13.8 Å². The molecule has 0 saturated heterocycles. The maximum Gasteiger partial charge on any atom is 0.460 e. The van der Waals surface area contributed by atoms with Crippen LogP contribution in [0.2, 0.25) is 0 Å². The zero-order valence-corrected chi connectivity index (χ0v) is 22.5. The van der Waals surface area contributed by atoms with Crippen molar-refractivity contribution in [3.8, 4) is 0 Å². The van der Waals surface area contributed by atoms with Crippen LogP contribution >= 0.6 is 0 Å². The van der Waals surface area contributed by atoms with Crippen LogP contribution in [0.3, 0.4) is 0 Å². The molecule has 0 bridgehead atoms. The van der Waals surface area contributed by atoms with Crippen LogP contribution in [0.5, 0.6) is 0 Å². The molecule has 0 amide bonds. The van der Waals surface area contributed by atoms with Gasteiger partial charge in [0.1, 0.15) is 11.5 Å². The van der Waals surface area contributed by atoms with Gasteiger partial charge in [0.05, 0.1) is 0 Å². The fourth-order valence-electron chi connectivity index (χ4n) is 3.28. The highest BCUT2D eigenvalue weighted by Crippen LogP contribution is 2.64. The highest BCUT2D eigenvalue weighted by atomic mass is 32.2. The quantitative estimate of drug-likeness (QED) is 0.126. The van der Waals surface area contributed by atoms with Crippen molar-refractivity contribution >= 4 is 26.8 Å². The van der Waals surface area contributed by atoms with Crippen molar-refractivity contribution in [3.63, 3.8) is 0 Å². The van der Waals surface area contributed by atoms with Crippen LogP contribution in [-0.4, -0.2) is 83.0 Å². The Morgan fingerprint density at radius 1 is 0.643 bits per heavy atom. The molecule has 0 aromatic carbocycles. The average Bonchev–Trinajstić information content (AvgIpc) is 3.35. The molecular formula is C19H21F17O4S2. The number of rotatable bonds is 12. The van der Waals surface area contributed by atoms with Gasteiger partial charge in [0.15, 0.2) is 21.7 Å². The van der Waals surface area contributed by atoms with Gasteiger partial charge in [-0.25, -0.2) is 8.42 Å². The first-order chi connectivity index (χ1) is 18.3. The normalized spacial score (nSPS) is 17.4. The van der Waals surface area contributed by atoms with Gasteiger partial charge < -0.3 is 4.55 Å². The smallest absolute Gasteiger partial charge is 0.460 e. The van der Waals surface area contributed by atoms with Gasteiger partial charge in [0, 0.05) is 5.92 Å². The molecule has 0 aromatic heterocycles. The van der Waals surface area contributed by atoms with E-state index in [4.69, 9.17) is 0 Å². The zero-order valence-electron chi connectivity index (χ0n) is 20.9. The lowest BCUT2D eigenvalue weighted by molar-refractivity contribution is -0.458. The van der Waals surface area contributed by atoms with Gasteiger partial charge in [-0.05, 0) is 37.6 Å².